The molecule has 2 heterocycles. The number of likely N-dealkylation sites (N-methyl/N-ethyl adjacent to an activating group) is 1. The van der Waals surface area contributed by atoms with Crippen molar-refractivity contribution in [2.24, 2.45) is 10.9 Å². The second-order valence-corrected chi connectivity index (χ2v) is 9.22. The number of pyridine rings is 1. The van der Waals surface area contributed by atoms with Crippen LogP contribution in [0.3, 0.4) is 0 Å². The van der Waals surface area contributed by atoms with E-state index in [2.05, 4.69) is 10.3 Å². The second-order valence-electron chi connectivity index (χ2n) is 9.22. The minimum atomic E-state index is -0.816. The molecule has 1 aromatic carbocycles. The summed E-state index contributed by atoms with van der Waals surface area (Å²) in [5.74, 6) is -1.26. The van der Waals surface area contributed by atoms with Gasteiger partial charge in [0.1, 0.15) is 11.9 Å². The quantitative estimate of drug-likeness (QED) is 0.362. The fourth-order valence-corrected chi connectivity index (χ4v) is 4.27. The van der Waals surface area contributed by atoms with Gasteiger partial charge >= 0.3 is 0 Å². The van der Waals surface area contributed by atoms with Crippen LogP contribution in [0.1, 0.15) is 43.2 Å². The molecule has 1 fully saturated rings. The Morgan fingerprint density at radius 3 is 2.77 bits per heavy atom. The summed E-state index contributed by atoms with van der Waals surface area (Å²) in [6, 6.07) is 7.24. The Kier molecular flexibility index (Phi) is 7.53. The van der Waals surface area contributed by atoms with Crippen LogP contribution >= 0.6 is 0 Å². The highest BCUT2D eigenvalue weighted by Crippen LogP contribution is 2.31. The van der Waals surface area contributed by atoms with E-state index in [1.54, 1.807) is 29.8 Å². The molecule has 1 aliphatic carbocycles. The molecule has 8 nitrogen and oxygen atoms in total. The summed E-state index contributed by atoms with van der Waals surface area (Å²) in [5, 5.41) is 10.6. The molecule has 2 aromatic rings. The van der Waals surface area contributed by atoms with Crippen LogP contribution < -0.4 is 15.8 Å². The van der Waals surface area contributed by atoms with Gasteiger partial charge in [0.15, 0.2) is 0 Å². The maximum Gasteiger partial charge on any atom is 0.289 e. The molecule has 0 bridgehead atoms. The van der Waals surface area contributed by atoms with Crippen LogP contribution in [0.4, 0.5) is 10.1 Å². The molecule has 0 saturated heterocycles. The monoisotopic (exact) mass is 479 g/mol. The van der Waals surface area contributed by atoms with Crippen molar-refractivity contribution in [2.75, 3.05) is 11.9 Å². The lowest BCUT2D eigenvalue weighted by Crippen LogP contribution is -2.48. The Hall–Kier alpha value is -3.62. The molecule has 2 amide bonds. The van der Waals surface area contributed by atoms with E-state index >= 15 is 0 Å². The largest absolute Gasteiger partial charge is 0.338 e. The molecule has 4 rings (SSSR count). The Morgan fingerprint density at radius 2 is 2.03 bits per heavy atom. The van der Waals surface area contributed by atoms with Gasteiger partial charge in [-0.3, -0.25) is 19.8 Å². The maximum atomic E-state index is 13.7. The lowest BCUT2D eigenvalue weighted by molar-refractivity contribution is -0.124. The number of carbonyl (C=O) groups is 2. The molecule has 35 heavy (non-hydrogen) atoms. The van der Waals surface area contributed by atoms with Gasteiger partial charge in [-0.15, -0.1) is 0 Å². The number of hydrogen-bond acceptors (Lipinski definition) is 4. The third-order valence-corrected chi connectivity index (χ3v) is 6.51. The minimum absolute atomic E-state index is 0.135. The first kappa shape index (κ1) is 24.5. The third kappa shape index (κ3) is 6.09. The van der Waals surface area contributed by atoms with Crippen molar-refractivity contribution in [3.8, 4) is 0 Å². The number of amides is 2. The summed E-state index contributed by atoms with van der Waals surface area (Å²) in [6.45, 7) is 0.694. The lowest BCUT2D eigenvalue weighted by atomic mass is 10.1. The van der Waals surface area contributed by atoms with Gasteiger partial charge in [-0.2, -0.15) is 0 Å². The molecular weight excluding hydrogens is 449 g/mol. The molecular formula is C26H30FN5O3. The third-order valence-electron chi connectivity index (χ3n) is 6.51. The molecule has 2 aliphatic rings. The summed E-state index contributed by atoms with van der Waals surface area (Å²) in [5.41, 5.74) is 1.93. The maximum absolute atomic E-state index is 13.7. The number of anilines is 1. The van der Waals surface area contributed by atoms with Crippen molar-refractivity contribution in [3.05, 3.63) is 63.8 Å². The molecule has 0 radical (unpaired) electrons. The van der Waals surface area contributed by atoms with Crippen molar-refractivity contribution >= 4 is 29.6 Å². The van der Waals surface area contributed by atoms with E-state index in [4.69, 9.17) is 5.41 Å². The number of hydrogen-bond donors (Lipinski definition) is 2. The molecule has 0 unspecified atom stereocenters. The molecule has 2 N–H and O–H groups in total. The fourth-order valence-electron chi connectivity index (χ4n) is 4.27. The van der Waals surface area contributed by atoms with Crippen LogP contribution in [0.15, 0.2) is 46.3 Å². The van der Waals surface area contributed by atoms with Crippen LogP contribution in [-0.4, -0.2) is 41.5 Å². The van der Waals surface area contributed by atoms with E-state index in [-0.39, 0.29) is 17.3 Å². The number of aliphatic imine (C=N–C) groups is 1. The molecule has 1 saturated carbocycles. The predicted molar refractivity (Wildman–Crippen MR) is 133 cm³/mol. The number of benzene rings is 1. The summed E-state index contributed by atoms with van der Waals surface area (Å²) < 4.78 is 15.4. The number of halogens is 1. The highest BCUT2D eigenvalue weighted by atomic mass is 19.1. The van der Waals surface area contributed by atoms with Gasteiger partial charge in [0, 0.05) is 32.1 Å². The van der Waals surface area contributed by atoms with Crippen molar-refractivity contribution in [2.45, 2.75) is 57.5 Å². The highest BCUT2D eigenvalue weighted by Gasteiger charge is 2.31. The number of aromatic nitrogens is 1. The molecule has 1 atom stereocenters. The number of amidine groups is 1. The predicted octanol–water partition coefficient (Wildman–Crippen LogP) is 2.86. The highest BCUT2D eigenvalue weighted by molar-refractivity contribution is 6.38. The van der Waals surface area contributed by atoms with Crippen LogP contribution in [-0.2, 0) is 29.0 Å². The van der Waals surface area contributed by atoms with E-state index in [1.807, 2.05) is 6.20 Å². The van der Waals surface area contributed by atoms with E-state index in [0.29, 0.717) is 55.8 Å². The lowest BCUT2D eigenvalue weighted by Gasteiger charge is -2.22. The Balaban J connectivity index is 1.31. The number of rotatable bonds is 7. The summed E-state index contributed by atoms with van der Waals surface area (Å²) in [6.07, 6.45) is 8.11. The standard InChI is InChI=1S/C26H30FN5O3/c1-31-22-14-23(33)32(15-17-9-10-17)16-19(22)11-12-21(26(31)35)30-25(34)24(28)29-13-5-4-7-18-6-2-3-8-20(18)27/h2-3,6,8,13-14,16-17,21,28H,4-5,7,9-12,15H2,1H3,(H,30,34)/t21-/m1/s1. The number of unbranched alkanes of at least 4 members (excludes halogenated alkanes) is 1. The van der Waals surface area contributed by atoms with Crippen LogP contribution in [0.25, 0.3) is 0 Å². The topological polar surface area (TPSA) is 108 Å². The van der Waals surface area contributed by atoms with E-state index in [0.717, 1.165) is 18.4 Å². The van der Waals surface area contributed by atoms with Crippen molar-refractivity contribution < 1.29 is 14.0 Å². The Morgan fingerprint density at radius 1 is 1.26 bits per heavy atom. The average molecular weight is 480 g/mol. The second kappa shape index (κ2) is 10.8. The zero-order valence-corrected chi connectivity index (χ0v) is 19.8. The molecule has 184 valence electrons. The first-order valence-corrected chi connectivity index (χ1v) is 12.0. The number of fused-ring (bicyclic) bond motifs is 1. The zero-order chi connectivity index (χ0) is 24.9. The van der Waals surface area contributed by atoms with Gasteiger partial charge < -0.3 is 14.8 Å². The fraction of sp³-hybridized carbons (Fsp3) is 0.423. The Labute approximate surface area is 203 Å². The van der Waals surface area contributed by atoms with Gasteiger partial charge in [-0.1, -0.05) is 18.2 Å². The minimum Gasteiger partial charge on any atom is -0.338 e. The summed E-state index contributed by atoms with van der Waals surface area (Å²) in [7, 11) is 1.59. The van der Waals surface area contributed by atoms with Gasteiger partial charge in [-0.25, -0.2) is 9.38 Å². The molecule has 1 aromatic heterocycles. The van der Waals surface area contributed by atoms with Crippen LogP contribution in [0, 0.1) is 17.1 Å². The van der Waals surface area contributed by atoms with Crippen molar-refractivity contribution in [1.82, 2.24) is 9.88 Å². The van der Waals surface area contributed by atoms with Gasteiger partial charge in [0.25, 0.3) is 11.5 Å². The summed E-state index contributed by atoms with van der Waals surface area (Å²) >= 11 is 0. The van der Waals surface area contributed by atoms with Gasteiger partial charge in [0.2, 0.25) is 11.7 Å². The number of aryl methyl sites for hydroxylation is 2. The summed E-state index contributed by atoms with van der Waals surface area (Å²) in [4.78, 5) is 43.3. The van der Waals surface area contributed by atoms with Gasteiger partial charge in [-0.05, 0) is 68.1 Å². The first-order chi connectivity index (χ1) is 16.8. The van der Waals surface area contributed by atoms with E-state index in [1.165, 1.54) is 23.2 Å². The van der Waals surface area contributed by atoms with Gasteiger partial charge in [0.05, 0.1) is 5.69 Å². The number of nitrogens with one attached hydrogen (secondary N) is 2. The zero-order valence-electron chi connectivity index (χ0n) is 19.8. The van der Waals surface area contributed by atoms with E-state index < -0.39 is 17.8 Å². The number of carbonyl (C=O) groups excluding carboxylic acids is 2. The average Bonchev–Trinajstić information content (AvgIpc) is 3.67. The smallest absolute Gasteiger partial charge is 0.289 e. The van der Waals surface area contributed by atoms with Crippen molar-refractivity contribution in [1.29, 1.82) is 5.41 Å². The molecule has 9 heteroatoms. The Bertz CT molecular complexity index is 1220. The van der Waals surface area contributed by atoms with Crippen LogP contribution in [0.5, 0.6) is 0 Å². The molecule has 0 spiro atoms. The number of nitrogens with zero attached hydrogens (tertiary/aromatic N) is 3. The normalized spacial score (nSPS) is 17.8. The first-order valence-electron chi connectivity index (χ1n) is 12.0. The SMILES string of the molecule is CN1C(=O)[C@H](NC(=O)C(=N)N=CCCCc2ccccc2F)CCc2cn(CC3CC3)c(=O)cc21. The van der Waals surface area contributed by atoms with Crippen molar-refractivity contribution in [3.63, 3.8) is 0 Å². The molecule has 1 aliphatic heterocycles. The van der Waals surface area contributed by atoms with E-state index in [9.17, 15) is 18.8 Å². The van der Waals surface area contributed by atoms with Crippen LogP contribution in [0.2, 0.25) is 0 Å².